The van der Waals surface area contributed by atoms with E-state index >= 15 is 0 Å². The van der Waals surface area contributed by atoms with Gasteiger partial charge in [0.2, 0.25) is 0 Å². The third-order valence-electron chi connectivity index (χ3n) is 5.45. The second-order valence-electron chi connectivity index (χ2n) is 7.12. The summed E-state index contributed by atoms with van der Waals surface area (Å²) in [7, 11) is 0. The van der Waals surface area contributed by atoms with Gasteiger partial charge in [-0.25, -0.2) is 4.39 Å². The maximum absolute atomic E-state index is 13.8. The van der Waals surface area contributed by atoms with Crippen molar-refractivity contribution in [2.45, 2.75) is 32.4 Å². The molecule has 1 fully saturated rings. The number of hydrogen-bond acceptors (Lipinski definition) is 2. The van der Waals surface area contributed by atoms with E-state index in [4.69, 9.17) is 0 Å². The van der Waals surface area contributed by atoms with Gasteiger partial charge in [-0.2, -0.15) is 0 Å². The van der Waals surface area contributed by atoms with Gasteiger partial charge < -0.3 is 10.2 Å². The summed E-state index contributed by atoms with van der Waals surface area (Å²) >= 11 is 0. The van der Waals surface area contributed by atoms with E-state index in [0.717, 1.165) is 56.6 Å². The summed E-state index contributed by atoms with van der Waals surface area (Å²) < 4.78 is 13.8. The highest BCUT2D eigenvalue weighted by Gasteiger charge is 2.25. The fraction of sp³-hybridized carbons (Fsp3) is 0.381. The first-order chi connectivity index (χ1) is 12.2. The van der Waals surface area contributed by atoms with Crippen molar-refractivity contribution in [1.29, 1.82) is 0 Å². The monoisotopic (exact) mass is 338 g/mol. The quantitative estimate of drug-likeness (QED) is 0.929. The van der Waals surface area contributed by atoms with Crippen molar-refractivity contribution in [1.82, 2.24) is 10.2 Å². The number of nitrogens with zero attached hydrogens (tertiary/aromatic N) is 1. The molecule has 2 aliphatic heterocycles. The van der Waals surface area contributed by atoms with Crippen LogP contribution in [0, 0.1) is 11.7 Å². The van der Waals surface area contributed by atoms with Crippen molar-refractivity contribution in [3.05, 3.63) is 70.5 Å². The molecule has 4 heteroatoms. The van der Waals surface area contributed by atoms with E-state index in [1.165, 1.54) is 17.2 Å². The van der Waals surface area contributed by atoms with Crippen LogP contribution in [0.5, 0.6) is 0 Å². The largest absolute Gasteiger partial charge is 0.339 e. The smallest absolute Gasteiger partial charge is 0.253 e. The van der Waals surface area contributed by atoms with E-state index < -0.39 is 0 Å². The molecule has 0 aromatic heterocycles. The second kappa shape index (κ2) is 6.96. The predicted molar refractivity (Wildman–Crippen MR) is 95.7 cm³/mol. The molecule has 2 aromatic rings. The Bertz CT molecular complexity index is 781. The molecular formula is C21H23FN2O. The van der Waals surface area contributed by atoms with Crippen LogP contribution in [0.2, 0.25) is 0 Å². The molecule has 1 saturated heterocycles. The fourth-order valence-electron chi connectivity index (χ4n) is 3.93. The van der Waals surface area contributed by atoms with Crippen molar-refractivity contribution in [2.75, 3.05) is 13.1 Å². The molecule has 0 spiro atoms. The summed E-state index contributed by atoms with van der Waals surface area (Å²) in [5.74, 6) is 0.456. The van der Waals surface area contributed by atoms with Crippen LogP contribution in [-0.4, -0.2) is 23.9 Å². The third-order valence-corrected chi connectivity index (χ3v) is 5.45. The summed E-state index contributed by atoms with van der Waals surface area (Å²) in [6, 6.07) is 13.0. The average Bonchev–Trinajstić information content (AvgIpc) is 3.11. The topological polar surface area (TPSA) is 32.3 Å². The number of amides is 1. The second-order valence-corrected chi connectivity index (χ2v) is 7.12. The van der Waals surface area contributed by atoms with E-state index in [1.807, 2.05) is 29.2 Å². The number of likely N-dealkylation sites (tertiary alicyclic amines) is 1. The number of halogens is 1. The van der Waals surface area contributed by atoms with Crippen molar-refractivity contribution < 1.29 is 9.18 Å². The standard InChI is InChI=1S/C21H23FN2O/c22-20-4-2-1-3-16(20)11-15-7-9-24(10-8-15)21(25)17-5-6-18-13-23-14-19(18)12-17/h1-6,12,15,23H,7-11,13-14H2. The van der Waals surface area contributed by atoms with Gasteiger partial charge in [-0.1, -0.05) is 24.3 Å². The third kappa shape index (κ3) is 3.45. The molecule has 1 amide bonds. The molecule has 0 saturated carbocycles. The van der Waals surface area contributed by atoms with Gasteiger partial charge in [0.25, 0.3) is 5.91 Å². The lowest BCUT2D eigenvalue weighted by Gasteiger charge is -2.32. The van der Waals surface area contributed by atoms with E-state index in [0.29, 0.717) is 5.92 Å². The Kier molecular flexibility index (Phi) is 4.53. The zero-order chi connectivity index (χ0) is 17.2. The summed E-state index contributed by atoms with van der Waals surface area (Å²) in [4.78, 5) is 14.7. The summed E-state index contributed by atoms with van der Waals surface area (Å²) in [5.41, 5.74) is 4.11. The predicted octanol–water partition coefficient (Wildman–Crippen LogP) is 3.52. The van der Waals surface area contributed by atoms with Crippen LogP contribution in [0.25, 0.3) is 0 Å². The molecule has 2 heterocycles. The Morgan fingerprint density at radius 1 is 1.08 bits per heavy atom. The van der Waals surface area contributed by atoms with Crippen LogP contribution in [0.15, 0.2) is 42.5 Å². The van der Waals surface area contributed by atoms with Gasteiger partial charge in [0.05, 0.1) is 0 Å². The van der Waals surface area contributed by atoms with Gasteiger partial charge in [-0.3, -0.25) is 4.79 Å². The number of nitrogens with one attached hydrogen (secondary N) is 1. The van der Waals surface area contributed by atoms with Crippen LogP contribution in [-0.2, 0) is 19.5 Å². The number of hydrogen-bond donors (Lipinski definition) is 1. The number of fused-ring (bicyclic) bond motifs is 1. The molecule has 0 unspecified atom stereocenters. The van der Waals surface area contributed by atoms with Gasteiger partial charge in [-0.15, -0.1) is 0 Å². The van der Waals surface area contributed by atoms with Crippen molar-refractivity contribution in [3.63, 3.8) is 0 Å². The van der Waals surface area contributed by atoms with Crippen molar-refractivity contribution in [3.8, 4) is 0 Å². The van der Waals surface area contributed by atoms with Gasteiger partial charge in [0, 0.05) is 31.7 Å². The minimum atomic E-state index is -0.118. The Balaban J connectivity index is 1.37. The van der Waals surface area contributed by atoms with E-state index in [2.05, 4.69) is 11.4 Å². The minimum absolute atomic E-state index is 0.118. The summed E-state index contributed by atoms with van der Waals surface area (Å²) in [6.07, 6.45) is 2.64. The summed E-state index contributed by atoms with van der Waals surface area (Å²) in [6.45, 7) is 3.26. The zero-order valence-electron chi connectivity index (χ0n) is 14.3. The number of benzene rings is 2. The van der Waals surface area contributed by atoms with E-state index in [-0.39, 0.29) is 11.7 Å². The number of carbonyl (C=O) groups is 1. The molecule has 25 heavy (non-hydrogen) atoms. The van der Waals surface area contributed by atoms with Gasteiger partial charge in [0.1, 0.15) is 5.82 Å². The van der Waals surface area contributed by atoms with Crippen LogP contribution < -0.4 is 5.32 Å². The lowest BCUT2D eigenvalue weighted by molar-refractivity contribution is 0.0690. The fourth-order valence-corrected chi connectivity index (χ4v) is 3.93. The van der Waals surface area contributed by atoms with Gasteiger partial charge >= 0.3 is 0 Å². The number of carbonyl (C=O) groups excluding carboxylic acids is 1. The first-order valence-corrected chi connectivity index (χ1v) is 9.06. The van der Waals surface area contributed by atoms with Crippen LogP contribution >= 0.6 is 0 Å². The number of piperidine rings is 1. The molecule has 1 N–H and O–H groups in total. The van der Waals surface area contributed by atoms with E-state index in [9.17, 15) is 9.18 Å². The molecule has 4 rings (SSSR count). The number of rotatable bonds is 3. The first-order valence-electron chi connectivity index (χ1n) is 9.06. The molecule has 0 radical (unpaired) electrons. The Morgan fingerprint density at radius 3 is 2.64 bits per heavy atom. The van der Waals surface area contributed by atoms with E-state index in [1.54, 1.807) is 6.07 Å². The van der Waals surface area contributed by atoms with Crippen LogP contribution in [0.4, 0.5) is 4.39 Å². The lowest BCUT2D eigenvalue weighted by Crippen LogP contribution is -2.39. The molecule has 0 aliphatic carbocycles. The molecule has 3 nitrogen and oxygen atoms in total. The van der Waals surface area contributed by atoms with Crippen LogP contribution in [0.1, 0.15) is 39.9 Å². The Morgan fingerprint density at radius 2 is 1.84 bits per heavy atom. The SMILES string of the molecule is O=C(c1ccc2c(c1)CNC2)N1CCC(Cc2ccccc2F)CC1. The van der Waals surface area contributed by atoms with Gasteiger partial charge in [-0.05, 0) is 60.1 Å². The maximum atomic E-state index is 13.8. The highest BCUT2D eigenvalue weighted by Crippen LogP contribution is 2.25. The zero-order valence-corrected chi connectivity index (χ0v) is 14.3. The average molecular weight is 338 g/mol. The molecule has 0 bridgehead atoms. The molecular weight excluding hydrogens is 315 g/mol. The van der Waals surface area contributed by atoms with Crippen molar-refractivity contribution in [2.24, 2.45) is 5.92 Å². The Hall–Kier alpha value is -2.20. The van der Waals surface area contributed by atoms with Gasteiger partial charge in [0.15, 0.2) is 0 Å². The Labute approximate surface area is 147 Å². The first kappa shape index (κ1) is 16.3. The highest BCUT2D eigenvalue weighted by molar-refractivity contribution is 5.94. The van der Waals surface area contributed by atoms with Crippen molar-refractivity contribution >= 4 is 5.91 Å². The molecule has 2 aliphatic rings. The molecule has 2 aromatic carbocycles. The highest BCUT2D eigenvalue weighted by atomic mass is 19.1. The molecule has 130 valence electrons. The maximum Gasteiger partial charge on any atom is 0.253 e. The normalized spacial score (nSPS) is 17.6. The van der Waals surface area contributed by atoms with Crippen LogP contribution in [0.3, 0.4) is 0 Å². The molecule has 0 atom stereocenters. The minimum Gasteiger partial charge on any atom is -0.339 e. The summed E-state index contributed by atoms with van der Waals surface area (Å²) in [5, 5.41) is 3.31. The lowest BCUT2D eigenvalue weighted by atomic mass is 9.89.